The van der Waals surface area contributed by atoms with Crippen molar-refractivity contribution in [1.29, 1.82) is 0 Å². The molecule has 3 nitrogen and oxygen atoms in total. The van der Waals surface area contributed by atoms with Crippen LogP contribution in [0.3, 0.4) is 0 Å². The molecule has 0 radical (unpaired) electrons. The van der Waals surface area contributed by atoms with E-state index in [0.717, 1.165) is 35.6 Å². The highest BCUT2D eigenvalue weighted by atomic mass is 32.1. The molecule has 2 aromatic carbocycles. The van der Waals surface area contributed by atoms with E-state index in [9.17, 15) is 22.0 Å². The third-order valence-corrected chi connectivity index (χ3v) is 5.20. The topological polar surface area (TPSA) is 30.2 Å². The molecule has 0 aliphatic carbocycles. The minimum atomic E-state index is -4.51. The van der Waals surface area contributed by atoms with Crippen LogP contribution in [0.25, 0.3) is 16.1 Å². The molecule has 0 fully saturated rings. The molecule has 2 heterocycles. The second-order valence-electron chi connectivity index (χ2n) is 6.22. The van der Waals surface area contributed by atoms with Gasteiger partial charge in [-0.15, -0.1) is 0 Å². The first-order valence-electron chi connectivity index (χ1n) is 8.62. The third kappa shape index (κ3) is 4.16. The monoisotopic (exact) mass is 433 g/mol. The van der Waals surface area contributed by atoms with E-state index < -0.39 is 23.4 Å². The Hall–Kier alpha value is -3.33. The van der Waals surface area contributed by atoms with Crippen molar-refractivity contribution >= 4 is 17.2 Å². The summed E-state index contributed by atoms with van der Waals surface area (Å²) in [5.74, 6) is -1.65. The van der Waals surface area contributed by atoms with Crippen molar-refractivity contribution in [3.8, 4) is 16.1 Å². The summed E-state index contributed by atoms with van der Waals surface area (Å²) in [6, 6.07) is 13.3. The van der Waals surface area contributed by atoms with Crippen molar-refractivity contribution < 1.29 is 22.0 Å². The average Bonchev–Trinajstić information content (AvgIpc) is 3.14. The van der Waals surface area contributed by atoms with Gasteiger partial charge in [-0.2, -0.15) is 13.2 Å². The quantitative estimate of drug-likeness (QED) is 0.358. The van der Waals surface area contributed by atoms with E-state index in [-0.39, 0.29) is 5.69 Å². The molecule has 0 unspecified atom stereocenters. The Morgan fingerprint density at radius 1 is 0.900 bits per heavy atom. The highest BCUT2D eigenvalue weighted by molar-refractivity contribution is 7.12. The first kappa shape index (κ1) is 20.0. The van der Waals surface area contributed by atoms with Crippen molar-refractivity contribution in [2.75, 3.05) is 0 Å². The summed E-state index contributed by atoms with van der Waals surface area (Å²) in [5, 5.41) is 0. The number of thiazole rings is 1. The molecule has 0 N–H and O–H groups in total. The van der Waals surface area contributed by atoms with E-state index >= 15 is 0 Å². The fourth-order valence-corrected chi connectivity index (χ4v) is 3.74. The standard InChI is InChI=1S/C21H12F5N3S/c22-16-8-7-13(10-17(16)23)18-12-29(15-5-3-4-14(11-15)21(24,25)26)20(30-18)28-19-6-1-2-9-27-19/h1-12H/b28-20-. The zero-order valence-electron chi connectivity index (χ0n) is 15.1. The van der Waals surface area contributed by atoms with Crippen LogP contribution in [0.15, 0.2) is 78.0 Å². The van der Waals surface area contributed by atoms with E-state index in [2.05, 4.69) is 9.98 Å². The van der Waals surface area contributed by atoms with Gasteiger partial charge in [-0.1, -0.05) is 29.5 Å². The highest BCUT2D eigenvalue weighted by Gasteiger charge is 2.30. The lowest BCUT2D eigenvalue weighted by Crippen LogP contribution is -2.13. The molecule has 0 bridgehead atoms. The Labute approximate surface area is 171 Å². The van der Waals surface area contributed by atoms with Gasteiger partial charge in [0.2, 0.25) is 0 Å². The number of alkyl halides is 3. The predicted molar refractivity (Wildman–Crippen MR) is 103 cm³/mol. The number of hydrogen-bond donors (Lipinski definition) is 0. The van der Waals surface area contributed by atoms with Crippen LogP contribution in [-0.2, 0) is 6.18 Å². The Morgan fingerprint density at radius 3 is 2.43 bits per heavy atom. The van der Waals surface area contributed by atoms with Crippen LogP contribution in [0.2, 0.25) is 0 Å². The van der Waals surface area contributed by atoms with Crippen LogP contribution in [-0.4, -0.2) is 9.55 Å². The SMILES string of the molecule is Fc1ccc(-c2cn(-c3cccc(C(F)(F)F)c3)/c(=N/c3ccccn3)s2)cc1F. The van der Waals surface area contributed by atoms with Crippen LogP contribution in [0.1, 0.15) is 5.56 Å². The maximum Gasteiger partial charge on any atom is 0.416 e. The van der Waals surface area contributed by atoms with Crippen LogP contribution in [0.5, 0.6) is 0 Å². The van der Waals surface area contributed by atoms with Gasteiger partial charge in [-0.25, -0.2) is 18.8 Å². The summed E-state index contributed by atoms with van der Waals surface area (Å²) < 4.78 is 67.9. The molecule has 2 aromatic heterocycles. The molecule has 4 aromatic rings. The van der Waals surface area contributed by atoms with Gasteiger partial charge in [0.1, 0.15) is 0 Å². The average molecular weight is 433 g/mol. The van der Waals surface area contributed by atoms with Crippen molar-refractivity contribution in [3.05, 3.63) is 95.1 Å². The Kier molecular flexibility index (Phi) is 5.21. The largest absolute Gasteiger partial charge is 0.416 e. The first-order valence-corrected chi connectivity index (χ1v) is 9.44. The van der Waals surface area contributed by atoms with Crippen LogP contribution >= 0.6 is 11.3 Å². The second kappa shape index (κ2) is 7.83. The number of aromatic nitrogens is 2. The van der Waals surface area contributed by atoms with Crippen molar-refractivity contribution in [3.63, 3.8) is 0 Å². The van der Waals surface area contributed by atoms with Gasteiger partial charge in [-0.05, 0) is 48.0 Å². The zero-order chi connectivity index (χ0) is 21.3. The lowest BCUT2D eigenvalue weighted by Gasteiger charge is -2.09. The van der Waals surface area contributed by atoms with Crippen LogP contribution in [0, 0.1) is 11.6 Å². The number of hydrogen-bond acceptors (Lipinski definition) is 3. The molecule has 9 heteroatoms. The maximum atomic E-state index is 13.7. The molecule has 30 heavy (non-hydrogen) atoms. The van der Waals surface area contributed by atoms with Crippen molar-refractivity contribution in [2.45, 2.75) is 6.18 Å². The van der Waals surface area contributed by atoms with Gasteiger partial charge < -0.3 is 0 Å². The molecular formula is C21H12F5N3S. The minimum Gasteiger partial charge on any atom is -0.292 e. The second-order valence-corrected chi connectivity index (χ2v) is 7.23. The van der Waals surface area contributed by atoms with E-state index in [1.54, 1.807) is 18.2 Å². The van der Waals surface area contributed by atoms with Gasteiger partial charge in [0.05, 0.1) is 10.4 Å². The fraction of sp³-hybridized carbons (Fsp3) is 0.0476. The smallest absolute Gasteiger partial charge is 0.292 e. The zero-order valence-corrected chi connectivity index (χ0v) is 15.9. The highest BCUT2D eigenvalue weighted by Crippen LogP contribution is 2.31. The number of rotatable bonds is 3. The summed E-state index contributed by atoms with van der Waals surface area (Å²) in [4.78, 5) is 9.35. The number of nitrogens with zero attached hydrogens (tertiary/aromatic N) is 3. The van der Waals surface area contributed by atoms with Gasteiger partial charge in [0.15, 0.2) is 22.3 Å². The third-order valence-electron chi connectivity index (χ3n) is 4.17. The summed E-state index contributed by atoms with van der Waals surface area (Å²) in [7, 11) is 0. The Bertz CT molecular complexity index is 1260. The van der Waals surface area contributed by atoms with Crippen molar-refractivity contribution in [1.82, 2.24) is 9.55 Å². The lowest BCUT2D eigenvalue weighted by molar-refractivity contribution is -0.137. The maximum absolute atomic E-state index is 13.7. The summed E-state index contributed by atoms with van der Waals surface area (Å²) in [5.41, 5.74) is -0.205. The molecule has 152 valence electrons. The first-order chi connectivity index (χ1) is 14.3. The van der Waals surface area contributed by atoms with Gasteiger partial charge in [-0.3, -0.25) is 4.57 Å². The number of pyridine rings is 1. The molecule has 0 aliphatic rings. The molecule has 4 rings (SSSR count). The number of halogens is 5. The fourth-order valence-electron chi connectivity index (χ4n) is 2.74. The Balaban J connectivity index is 1.91. The predicted octanol–water partition coefficient (Wildman–Crippen LogP) is 6.13. The normalized spacial score (nSPS) is 12.4. The molecule has 0 saturated heterocycles. The Morgan fingerprint density at radius 2 is 1.73 bits per heavy atom. The molecule has 0 aliphatic heterocycles. The van der Waals surface area contributed by atoms with E-state index in [1.807, 2.05) is 0 Å². The number of benzene rings is 2. The summed E-state index contributed by atoms with van der Waals surface area (Å²) in [6.07, 6.45) is -1.43. The van der Waals surface area contributed by atoms with Gasteiger partial charge >= 0.3 is 6.18 Å². The van der Waals surface area contributed by atoms with Crippen LogP contribution < -0.4 is 4.80 Å². The van der Waals surface area contributed by atoms with E-state index in [0.29, 0.717) is 21.1 Å². The molecule has 0 amide bonds. The van der Waals surface area contributed by atoms with E-state index in [1.165, 1.54) is 35.2 Å². The van der Waals surface area contributed by atoms with Gasteiger partial charge in [0.25, 0.3) is 0 Å². The van der Waals surface area contributed by atoms with Crippen LogP contribution in [0.4, 0.5) is 27.8 Å². The summed E-state index contributed by atoms with van der Waals surface area (Å²) >= 11 is 1.12. The van der Waals surface area contributed by atoms with Crippen molar-refractivity contribution in [2.24, 2.45) is 4.99 Å². The van der Waals surface area contributed by atoms with E-state index in [4.69, 9.17) is 0 Å². The molecular weight excluding hydrogens is 421 g/mol. The molecule has 0 atom stereocenters. The lowest BCUT2D eigenvalue weighted by atomic mass is 10.2. The summed E-state index contributed by atoms with van der Waals surface area (Å²) in [6.45, 7) is 0. The minimum absolute atomic E-state index is 0.226. The molecule has 0 spiro atoms. The molecule has 0 saturated carbocycles. The van der Waals surface area contributed by atoms with Gasteiger partial charge in [0, 0.05) is 18.1 Å².